The van der Waals surface area contributed by atoms with Crippen LogP contribution in [0.5, 0.6) is 0 Å². The fourth-order valence-corrected chi connectivity index (χ4v) is 7.00. The highest BCUT2D eigenvalue weighted by Crippen LogP contribution is 2.61. The number of hydrogen-bond acceptors (Lipinski definition) is 3. The average molecular weight is 411 g/mol. The van der Waals surface area contributed by atoms with Gasteiger partial charge in [0, 0.05) is 26.2 Å². The summed E-state index contributed by atoms with van der Waals surface area (Å²) in [7, 11) is -3.39. The van der Waals surface area contributed by atoms with Crippen molar-refractivity contribution in [1.29, 1.82) is 0 Å². The predicted molar refractivity (Wildman–Crippen MR) is 97.7 cm³/mol. The lowest BCUT2D eigenvalue weighted by molar-refractivity contribution is 0.150. The molecule has 0 unspecified atom stereocenters. The molecule has 0 aliphatic carbocycles. The molecule has 23 heavy (non-hydrogen) atoms. The van der Waals surface area contributed by atoms with Crippen LogP contribution >= 0.6 is 42.2 Å². The number of nitrogens with one attached hydrogen (secondary N) is 1. The number of carbonyl (C=O) groups is 1. The van der Waals surface area contributed by atoms with E-state index in [1.165, 1.54) is 0 Å². The quantitative estimate of drug-likeness (QED) is 0.453. The molecule has 0 aromatic rings. The third-order valence-electron chi connectivity index (χ3n) is 3.45. The predicted octanol–water partition coefficient (Wildman–Crippen LogP) is 4.31. The molecule has 6 nitrogen and oxygen atoms in total. The highest BCUT2D eigenvalue weighted by molar-refractivity contribution is 7.60. The molecule has 10 heteroatoms. The Morgan fingerprint density at radius 2 is 1.43 bits per heavy atom. The summed E-state index contributed by atoms with van der Waals surface area (Å²) >= 11 is 18.2. The SMILES string of the molecule is CCOC(=O)N[C@H](C(Cl)(Cl)Cl)P(=O)(N(CC)CC)N(CC)CC. The summed E-state index contributed by atoms with van der Waals surface area (Å²) in [5.74, 6) is -1.21. The van der Waals surface area contributed by atoms with Crippen LogP contribution in [-0.4, -0.2) is 57.8 Å². The van der Waals surface area contributed by atoms with Gasteiger partial charge in [-0.25, -0.2) is 14.1 Å². The van der Waals surface area contributed by atoms with Gasteiger partial charge in [-0.1, -0.05) is 62.5 Å². The maximum absolute atomic E-state index is 14.0. The van der Waals surface area contributed by atoms with E-state index >= 15 is 0 Å². The first kappa shape index (κ1) is 23.3. The van der Waals surface area contributed by atoms with E-state index in [1.54, 1.807) is 16.3 Å². The molecule has 0 fully saturated rings. The summed E-state index contributed by atoms with van der Waals surface area (Å²) in [5, 5.41) is 2.49. The number of ether oxygens (including phenoxy) is 1. The van der Waals surface area contributed by atoms with Crippen LogP contribution in [0.4, 0.5) is 4.79 Å². The minimum absolute atomic E-state index is 0.166. The molecule has 138 valence electrons. The Bertz CT molecular complexity index is 397. The van der Waals surface area contributed by atoms with Gasteiger partial charge in [0.1, 0.15) is 0 Å². The topological polar surface area (TPSA) is 61.9 Å². The molecule has 0 radical (unpaired) electrons. The zero-order valence-electron chi connectivity index (χ0n) is 14.3. The average Bonchev–Trinajstić information content (AvgIpc) is 2.46. The van der Waals surface area contributed by atoms with Crippen LogP contribution in [-0.2, 0) is 9.30 Å². The summed E-state index contributed by atoms with van der Waals surface area (Å²) in [6.45, 7) is 11.3. The van der Waals surface area contributed by atoms with Gasteiger partial charge in [0.15, 0.2) is 5.78 Å². The van der Waals surface area contributed by atoms with Gasteiger partial charge in [0.05, 0.1) is 6.61 Å². The standard InChI is InChI=1S/C13H27Cl3N3O3P/c1-6-18(7-2)23(21,19(8-3)9-4)11(13(14,15)16)17-12(20)22-10-5/h11H,6-10H2,1-5H3,(H,17,20)/t11-/m0/s1. The molecular weight excluding hydrogens is 383 g/mol. The molecule has 1 atom stereocenters. The number of amides is 1. The number of carbonyl (C=O) groups excluding carboxylic acids is 1. The van der Waals surface area contributed by atoms with E-state index < -0.39 is 23.1 Å². The molecule has 0 saturated heterocycles. The minimum atomic E-state index is -3.39. The zero-order valence-corrected chi connectivity index (χ0v) is 17.5. The van der Waals surface area contributed by atoms with Crippen LogP contribution in [0.1, 0.15) is 34.6 Å². The van der Waals surface area contributed by atoms with E-state index in [2.05, 4.69) is 5.32 Å². The number of nitrogens with zero attached hydrogens (tertiary/aromatic N) is 2. The molecule has 0 aliphatic heterocycles. The number of halogens is 3. The highest BCUT2D eigenvalue weighted by atomic mass is 35.6. The zero-order chi connectivity index (χ0) is 18.3. The van der Waals surface area contributed by atoms with E-state index in [4.69, 9.17) is 39.5 Å². The first-order valence-corrected chi connectivity index (χ1v) is 10.5. The van der Waals surface area contributed by atoms with E-state index in [0.29, 0.717) is 26.2 Å². The summed E-state index contributed by atoms with van der Waals surface area (Å²) in [4.78, 5) is 11.9. The van der Waals surface area contributed by atoms with Crippen molar-refractivity contribution in [2.45, 2.75) is 44.2 Å². The van der Waals surface area contributed by atoms with Crippen LogP contribution in [0.2, 0.25) is 0 Å². The minimum Gasteiger partial charge on any atom is -0.450 e. The second-order valence-corrected chi connectivity index (χ2v) is 9.87. The largest absolute Gasteiger partial charge is 0.450 e. The van der Waals surface area contributed by atoms with Crippen LogP contribution in [0.25, 0.3) is 0 Å². The van der Waals surface area contributed by atoms with Gasteiger partial charge in [0.25, 0.3) is 0 Å². The van der Waals surface area contributed by atoms with Gasteiger partial charge in [0.2, 0.25) is 11.2 Å². The molecule has 0 aromatic heterocycles. The smallest absolute Gasteiger partial charge is 0.407 e. The maximum atomic E-state index is 14.0. The van der Waals surface area contributed by atoms with Crippen molar-refractivity contribution in [3.63, 3.8) is 0 Å². The van der Waals surface area contributed by atoms with Gasteiger partial charge >= 0.3 is 6.09 Å². The van der Waals surface area contributed by atoms with E-state index in [-0.39, 0.29) is 6.61 Å². The maximum Gasteiger partial charge on any atom is 0.407 e. The molecule has 0 aromatic carbocycles. The molecular formula is C13H27Cl3N3O3P. The molecule has 0 aliphatic rings. The fourth-order valence-electron chi connectivity index (χ4n) is 2.40. The second-order valence-electron chi connectivity index (χ2n) is 4.68. The number of alkyl halides is 3. The second kappa shape index (κ2) is 10.3. The Kier molecular flexibility index (Phi) is 10.4. The Hall–Kier alpha value is 0.290. The molecule has 0 saturated carbocycles. The molecule has 0 heterocycles. The van der Waals surface area contributed by atoms with Crippen molar-refractivity contribution in [2.24, 2.45) is 0 Å². The van der Waals surface area contributed by atoms with E-state index in [1.807, 2.05) is 27.7 Å². The monoisotopic (exact) mass is 409 g/mol. The van der Waals surface area contributed by atoms with Crippen molar-refractivity contribution in [1.82, 2.24) is 14.7 Å². The molecule has 0 spiro atoms. The summed E-state index contributed by atoms with van der Waals surface area (Å²) in [6, 6.07) is 0. The summed E-state index contributed by atoms with van der Waals surface area (Å²) < 4.78 is 20.3. The molecule has 0 bridgehead atoms. The van der Waals surface area contributed by atoms with Gasteiger partial charge in [-0.05, 0) is 6.92 Å². The van der Waals surface area contributed by atoms with Crippen molar-refractivity contribution in [2.75, 3.05) is 32.8 Å². The Morgan fingerprint density at radius 3 is 1.70 bits per heavy atom. The van der Waals surface area contributed by atoms with E-state index in [0.717, 1.165) is 0 Å². The Morgan fingerprint density at radius 1 is 1.04 bits per heavy atom. The normalized spacial score (nSPS) is 14.2. The number of hydrogen-bond donors (Lipinski definition) is 1. The van der Waals surface area contributed by atoms with Gasteiger partial charge in [-0.2, -0.15) is 0 Å². The molecule has 1 N–H and O–H groups in total. The number of rotatable bonds is 9. The Balaban J connectivity index is 6.01. The van der Waals surface area contributed by atoms with Gasteiger partial charge in [-0.3, -0.25) is 4.57 Å². The Labute approximate surface area is 154 Å². The van der Waals surface area contributed by atoms with Crippen molar-refractivity contribution in [3.05, 3.63) is 0 Å². The van der Waals surface area contributed by atoms with Crippen LogP contribution in [0.3, 0.4) is 0 Å². The van der Waals surface area contributed by atoms with E-state index in [9.17, 15) is 9.36 Å². The lowest BCUT2D eigenvalue weighted by atomic mass is 10.7. The third kappa shape index (κ3) is 5.94. The van der Waals surface area contributed by atoms with Crippen LogP contribution in [0.15, 0.2) is 0 Å². The third-order valence-corrected chi connectivity index (χ3v) is 8.50. The van der Waals surface area contributed by atoms with Crippen molar-refractivity contribution < 1.29 is 14.1 Å². The number of alkyl carbamates (subject to hydrolysis) is 1. The molecule has 1 amide bonds. The van der Waals surface area contributed by atoms with Gasteiger partial charge < -0.3 is 10.1 Å². The van der Waals surface area contributed by atoms with Crippen LogP contribution in [0, 0.1) is 0 Å². The highest BCUT2D eigenvalue weighted by Gasteiger charge is 2.52. The first-order valence-electron chi connectivity index (χ1n) is 7.73. The summed E-state index contributed by atoms with van der Waals surface area (Å²) in [5.41, 5.74) is 0. The van der Waals surface area contributed by atoms with Crippen LogP contribution < -0.4 is 5.32 Å². The van der Waals surface area contributed by atoms with Crippen molar-refractivity contribution in [3.8, 4) is 0 Å². The van der Waals surface area contributed by atoms with Gasteiger partial charge in [-0.15, -0.1) is 0 Å². The fraction of sp³-hybridized carbons (Fsp3) is 0.923. The lowest BCUT2D eigenvalue weighted by Gasteiger charge is -2.44. The summed E-state index contributed by atoms with van der Waals surface area (Å²) in [6.07, 6.45) is -0.761. The lowest BCUT2D eigenvalue weighted by Crippen LogP contribution is -2.51. The van der Waals surface area contributed by atoms with Crippen molar-refractivity contribution >= 4 is 48.3 Å². The first-order chi connectivity index (χ1) is 10.6. The molecule has 0 rings (SSSR count).